The molecule has 0 saturated heterocycles. The number of hydrogen-bond acceptors (Lipinski definition) is 3. The maximum Gasteiger partial charge on any atom is 0.416 e. The molecule has 1 aromatic heterocycles. The van der Waals surface area contributed by atoms with E-state index in [1.807, 2.05) is 0 Å². The van der Waals surface area contributed by atoms with E-state index in [9.17, 15) is 23.2 Å². The second-order valence-corrected chi connectivity index (χ2v) is 9.44. The molecule has 0 radical (unpaired) electrons. The monoisotopic (exact) mass is 556 g/mol. The zero-order chi connectivity index (χ0) is 27.6. The summed E-state index contributed by atoms with van der Waals surface area (Å²) in [7, 11) is 1.54. The summed E-state index contributed by atoms with van der Waals surface area (Å²) in [5.41, 5.74) is 1.86. The molecule has 0 aliphatic heterocycles. The zero-order valence-corrected chi connectivity index (χ0v) is 21.8. The molecular formula is C28H21Cl2F3N4O. The molecule has 1 atom stereocenters. The number of benzene rings is 3. The highest BCUT2D eigenvalue weighted by Crippen LogP contribution is 2.35. The maximum absolute atomic E-state index is 13.8. The fourth-order valence-electron chi connectivity index (χ4n) is 4.09. The van der Waals surface area contributed by atoms with Gasteiger partial charge in [0.15, 0.2) is 5.69 Å². The number of aromatic nitrogens is 2. The van der Waals surface area contributed by atoms with E-state index >= 15 is 0 Å². The molecule has 1 amide bonds. The third-order valence-electron chi connectivity index (χ3n) is 6.26. The Morgan fingerprint density at radius 2 is 1.68 bits per heavy atom. The van der Waals surface area contributed by atoms with E-state index in [-0.39, 0.29) is 12.1 Å². The van der Waals surface area contributed by atoms with Gasteiger partial charge in [0.1, 0.15) is 0 Å². The van der Waals surface area contributed by atoms with Crippen molar-refractivity contribution in [3.63, 3.8) is 0 Å². The van der Waals surface area contributed by atoms with E-state index in [2.05, 4.69) is 11.2 Å². The molecule has 5 nitrogen and oxygen atoms in total. The predicted octanol–water partition coefficient (Wildman–Crippen LogP) is 7.76. The number of hydrogen-bond donors (Lipinski definition) is 0. The smallest absolute Gasteiger partial charge is 0.334 e. The largest absolute Gasteiger partial charge is 0.416 e. The van der Waals surface area contributed by atoms with Crippen molar-refractivity contribution in [2.75, 3.05) is 7.05 Å². The molecule has 10 heteroatoms. The number of amides is 1. The minimum absolute atomic E-state index is 0.0395. The Labute approximate surface area is 227 Å². The Hall–Kier alpha value is -3.80. The van der Waals surface area contributed by atoms with E-state index in [0.717, 1.165) is 12.1 Å². The van der Waals surface area contributed by atoms with Gasteiger partial charge >= 0.3 is 6.18 Å². The highest BCUT2D eigenvalue weighted by atomic mass is 35.5. The molecule has 0 saturated carbocycles. The molecule has 3 aromatic carbocycles. The lowest BCUT2D eigenvalue weighted by atomic mass is 10.0. The van der Waals surface area contributed by atoms with Gasteiger partial charge < -0.3 is 4.90 Å². The van der Waals surface area contributed by atoms with E-state index in [0.29, 0.717) is 38.1 Å². The van der Waals surface area contributed by atoms with Crippen molar-refractivity contribution in [3.05, 3.63) is 105 Å². The van der Waals surface area contributed by atoms with Crippen LogP contribution in [0.2, 0.25) is 10.0 Å². The Bertz CT molecular complexity index is 1510. The Morgan fingerprint density at radius 1 is 1.05 bits per heavy atom. The number of para-hydroxylation sites is 1. The SMILES string of the molecule is C[C@H](c1ccc(C(F)(F)F)cc1)N(C)C(=O)c1nn(-c2ccccc2Cl)c(-c2ccc(Cl)cc2)c1CC#N. The van der Waals surface area contributed by atoms with Gasteiger partial charge in [0.25, 0.3) is 5.91 Å². The van der Waals surface area contributed by atoms with E-state index in [1.165, 1.54) is 28.8 Å². The van der Waals surface area contributed by atoms with Crippen molar-refractivity contribution in [2.24, 2.45) is 0 Å². The molecule has 1 heterocycles. The molecule has 4 rings (SSSR count). The minimum Gasteiger partial charge on any atom is -0.334 e. The van der Waals surface area contributed by atoms with Crippen LogP contribution in [-0.4, -0.2) is 27.6 Å². The van der Waals surface area contributed by atoms with Gasteiger partial charge in [-0.3, -0.25) is 4.79 Å². The molecule has 0 aliphatic rings. The van der Waals surface area contributed by atoms with Crippen molar-refractivity contribution in [1.82, 2.24) is 14.7 Å². The van der Waals surface area contributed by atoms with Gasteiger partial charge in [-0.25, -0.2) is 4.68 Å². The van der Waals surface area contributed by atoms with E-state index < -0.39 is 23.7 Å². The molecular weight excluding hydrogens is 536 g/mol. The van der Waals surface area contributed by atoms with Crippen LogP contribution >= 0.6 is 23.2 Å². The van der Waals surface area contributed by atoms with Crippen molar-refractivity contribution in [3.8, 4) is 23.0 Å². The molecule has 0 aliphatic carbocycles. The van der Waals surface area contributed by atoms with Crippen molar-refractivity contribution >= 4 is 29.1 Å². The number of nitriles is 1. The van der Waals surface area contributed by atoms with Crippen LogP contribution in [0.3, 0.4) is 0 Å². The molecule has 0 fully saturated rings. The van der Waals surface area contributed by atoms with Crippen LogP contribution < -0.4 is 0 Å². The standard InChI is InChI=1S/C28H21Cl2F3N4O/c1-17(18-7-11-20(12-8-18)28(31,32)33)36(2)27(38)25-22(15-16-34)26(19-9-13-21(29)14-10-19)37(35-25)24-6-4-3-5-23(24)30/h3-14,17H,15H2,1-2H3/t17-/m1/s1. The van der Waals surface area contributed by atoms with Crippen LogP contribution in [0.15, 0.2) is 72.8 Å². The number of rotatable bonds is 6. The van der Waals surface area contributed by atoms with E-state index in [4.69, 9.17) is 23.2 Å². The van der Waals surface area contributed by atoms with Crippen LogP contribution in [0.25, 0.3) is 16.9 Å². The van der Waals surface area contributed by atoms with Crippen LogP contribution in [0.4, 0.5) is 13.2 Å². The van der Waals surface area contributed by atoms with Gasteiger partial charge in [-0.05, 0) is 48.9 Å². The van der Waals surface area contributed by atoms with E-state index in [1.54, 1.807) is 55.5 Å². The average Bonchev–Trinajstić information content (AvgIpc) is 3.26. The fraction of sp³-hybridized carbons (Fsp3) is 0.179. The van der Waals surface area contributed by atoms with Crippen molar-refractivity contribution < 1.29 is 18.0 Å². The topological polar surface area (TPSA) is 61.9 Å². The highest BCUT2D eigenvalue weighted by Gasteiger charge is 2.32. The molecule has 0 unspecified atom stereocenters. The van der Waals surface area contributed by atoms with Gasteiger partial charge in [0, 0.05) is 23.2 Å². The fourth-order valence-corrected chi connectivity index (χ4v) is 4.43. The highest BCUT2D eigenvalue weighted by molar-refractivity contribution is 6.32. The summed E-state index contributed by atoms with van der Waals surface area (Å²) in [6, 6.07) is 20.1. The first-order valence-corrected chi connectivity index (χ1v) is 12.2. The Balaban J connectivity index is 1.82. The Kier molecular flexibility index (Phi) is 7.81. The zero-order valence-electron chi connectivity index (χ0n) is 20.3. The van der Waals surface area contributed by atoms with Crippen molar-refractivity contribution in [1.29, 1.82) is 5.26 Å². The Morgan fingerprint density at radius 3 is 2.26 bits per heavy atom. The number of carbonyl (C=O) groups excluding carboxylic acids is 1. The summed E-state index contributed by atoms with van der Waals surface area (Å²) in [5.74, 6) is -0.497. The molecule has 4 aromatic rings. The average molecular weight is 557 g/mol. The van der Waals surface area contributed by atoms with Crippen LogP contribution in [-0.2, 0) is 12.6 Å². The summed E-state index contributed by atoms with van der Waals surface area (Å²) in [5, 5.41) is 15.2. The van der Waals surface area contributed by atoms with Gasteiger partial charge in [-0.2, -0.15) is 23.5 Å². The quantitative estimate of drug-likeness (QED) is 0.243. The lowest BCUT2D eigenvalue weighted by Gasteiger charge is -2.25. The summed E-state index contributed by atoms with van der Waals surface area (Å²) >= 11 is 12.6. The summed E-state index contributed by atoms with van der Waals surface area (Å²) in [4.78, 5) is 15.1. The summed E-state index contributed by atoms with van der Waals surface area (Å²) in [6.07, 6.45) is -4.58. The van der Waals surface area contributed by atoms with Gasteiger partial charge in [-0.15, -0.1) is 0 Å². The first-order chi connectivity index (χ1) is 18.0. The molecule has 0 spiro atoms. The van der Waals surface area contributed by atoms with Gasteiger partial charge in [0.05, 0.1) is 40.5 Å². The third-order valence-corrected chi connectivity index (χ3v) is 6.83. The maximum atomic E-state index is 13.8. The van der Waals surface area contributed by atoms with Crippen LogP contribution in [0.5, 0.6) is 0 Å². The minimum atomic E-state index is -4.46. The number of carbonyl (C=O) groups is 1. The normalized spacial score (nSPS) is 12.2. The van der Waals surface area contributed by atoms with Gasteiger partial charge in [-0.1, -0.05) is 59.6 Å². The van der Waals surface area contributed by atoms with Gasteiger partial charge in [0.2, 0.25) is 0 Å². The summed E-state index contributed by atoms with van der Waals surface area (Å²) in [6.45, 7) is 1.70. The lowest BCUT2D eigenvalue weighted by Crippen LogP contribution is -2.30. The molecule has 0 N–H and O–H groups in total. The van der Waals surface area contributed by atoms with Crippen molar-refractivity contribution in [2.45, 2.75) is 25.6 Å². The summed E-state index contributed by atoms with van der Waals surface area (Å²) < 4.78 is 40.5. The molecule has 38 heavy (non-hydrogen) atoms. The molecule has 0 bridgehead atoms. The second kappa shape index (κ2) is 10.9. The first kappa shape index (κ1) is 27.2. The number of nitrogens with zero attached hydrogens (tertiary/aromatic N) is 4. The van der Waals surface area contributed by atoms with Crippen LogP contribution in [0, 0.1) is 11.3 Å². The lowest BCUT2D eigenvalue weighted by molar-refractivity contribution is -0.137. The molecule has 194 valence electrons. The predicted molar refractivity (Wildman–Crippen MR) is 140 cm³/mol. The number of halogens is 5. The third kappa shape index (κ3) is 5.40. The first-order valence-electron chi connectivity index (χ1n) is 11.5. The van der Waals surface area contributed by atoms with Crippen LogP contribution in [0.1, 0.15) is 40.1 Å². The number of alkyl halides is 3. The second-order valence-electron chi connectivity index (χ2n) is 8.59.